The summed E-state index contributed by atoms with van der Waals surface area (Å²) in [6.07, 6.45) is 1.59. The molecule has 0 spiro atoms. The fourth-order valence-electron chi connectivity index (χ4n) is 1.34. The van der Waals surface area contributed by atoms with E-state index in [2.05, 4.69) is 0 Å². The molecule has 0 aliphatic carbocycles. The van der Waals surface area contributed by atoms with E-state index < -0.39 is 16.8 Å². The van der Waals surface area contributed by atoms with Crippen molar-refractivity contribution in [2.75, 3.05) is 18.6 Å². The highest BCUT2D eigenvalue weighted by atomic mass is 32.2. The van der Waals surface area contributed by atoms with Crippen LogP contribution in [-0.2, 0) is 21.3 Å². The highest BCUT2D eigenvalue weighted by molar-refractivity contribution is 7.83. The van der Waals surface area contributed by atoms with Crippen LogP contribution >= 0.6 is 0 Å². The summed E-state index contributed by atoms with van der Waals surface area (Å²) in [7, 11) is -0.984. The highest BCUT2D eigenvalue weighted by Gasteiger charge is 2.13. The molecular weight excluding hydrogens is 226 g/mol. The molecule has 0 aliphatic rings. The van der Waals surface area contributed by atoms with Gasteiger partial charge in [-0.25, -0.2) is 4.79 Å². The fraction of sp³-hybridized carbons (Fsp3) is 0.364. The van der Waals surface area contributed by atoms with Crippen molar-refractivity contribution in [3.8, 4) is 0 Å². The van der Waals surface area contributed by atoms with E-state index >= 15 is 0 Å². The number of rotatable bonds is 4. The van der Waals surface area contributed by atoms with Gasteiger partial charge in [0.25, 0.3) is 0 Å². The zero-order chi connectivity index (χ0) is 12.1. The molecule has 1 aromatic rings. The van der Waals surface area contributed by atoms with Gasteiger partial charge in [0.1, 0.15) is 0 Å². The highest BCUT2D eigenvalue weighted by Crippen LogP contribution is 2.19. The number of esters is 1. The van der Waals surface area contributed by atoms with Gasteiger partial charge in [-0.3, -0.25) is 4.21 Å². The summed E-state index contributed by atoms with van der Waals surface area (Å²) in [4.78, 5) is 11.5. The Bertz CT molecular complexity index is 418. The molecular formula is C11H15NO3S. The maximum Gasteiger partial charge on any atom is 0.340 e. The topological polar surface area (TPSA) is 69.4 Å². The zero-order valence-electron chi connectivity index (χ0n) is 9.36. The summed E-state index contributed by atoms with van der Waals surface area (Å²) in [6, 6.07) is 5.08. The van der Waals surface area contributed by atoms with Crippen LogP contribution in [0, 0.1) is 0 Å². The number of anilines is 1. The maximum atomic E-state index is 11.5. The second kappa shape index (κ2) is 5.65. The van der Waals surface area contributed by atoms with Crippen molar-refractivity contribution in [3.63, 3.8) is 0 Å². The number of nitrogen functional groups attached to an aromatic ring is 1. The summed E-state index contributed by atoms with van der Waals surface area (Å²) in [5, 5.41) is 0. The lowest BCUT2D eigenvalue weighted by molar-refractivity contribution is 0.0527. The van der Waals surface area contributed by atoms with E-state index in [4.69, 9.17) is 10.5 Å². The van der Waals surface area contributed by atoms with Gasteiger partial charge < -0.3 is 10.5 Å². The number of carbonyl (C=O) groups is 1. The van der Waals surface area contributed by atoms with Crippen molar-refractivity contribution < 1.29 is 13.7 Å². The third-order valence-corrected chi connectivity index (χ3v) is 2.77. The third kappa shape index (κ3) is 3.06. The van der Waals surface area contributed by atoms with E-state index in [1.807, 2.05) is 0 Å². The van der Waals surface area contributed by atoms with E-state index in [9.17, 15) is 9.00 Å². The lowest BCUT2D eigenvalue weighted by Gasteiger charge is -2.09. The van der Waals surface area contributed by atoms with E-state index in [-0.39, 0.29) is 0 Å². The Balaban J connectivity index is 3.03. The normalized spacial score (nSPS) is 12.1. The predicted molar refractivity (Wildman–Crippen MR) is 64.6 cm³/mol. The molecule has 1 aromatic carbocycles. The van der Waals surface area contributed by atoms with Crippen LogP contribution in [-0.4, -0.2) is 23.0 Å². The van der Waals surface area contributed by atoms with Crippen LogP contribution in [0.2, 0.25) is 0 Å². The van der Waals surface area contributed by atoms with E-state index in [0.717, 1.165) is 0 Å². The van der Waals surface area contributed by atoms with Crippen LogP contribution in [0.4, 0.5) is 5.69 Å². The van der Waals surface area contributed by atoms with E-state index in [0.29, 0.717) is 29.2 Å². The van der Waals surface area contributed by atoms with Crippen LogP contribution < -0.4 is 5.73 Å². The van der Waals surface area contributed by atoms with Crippen LogP contribution in [0.5, 0.6) is 0 Å². The van der Waals surface area contributed by atoms with Gasteiger partial charge in [-0.2, -0.15) is 0 Å². The van der Waals surface area contributed by atoms with Crippen molar-refractivity contribution in [2.45, 2.75) is 12.7 Å². The van der Waals surface area contributed by atoms with Crippen LogP contribution in [0.3, 0.4) is 0 Å². The molecule has 0 bridgehead atoms. The quantitative estimate of drug-likeness (QED) is 0.637. The number of hydrogen-bond acceptors (Lipinski definition) is 4. The standard InChI is InChI=1S/C11H15NO3S/c1-3-15-11(13)9-6-4-5-8(10(9)12)7-16(2)14/h4-6H,3,7,12H2,1-2H3. The Morgan fingerprint density at radius 3 is 2.75 bits per heavy atom. The zero-order valence-corrected chi connectivity index (χ0v) is 10.2. The first kappa shape index (κ1) is 12.7. The van der Waals surface area contributed by atoms with Gasteiger partial charge in [-0.15, -0.1) is 0 Å². The van der Waals surface area contributed by atoms with E-state index in [1.165, 1.54) is 0 Å². The molecule has 0 saturated heterocycles. The molecule has 0 aliphatic heterocycles. The molecule has 1 atom stereocenters. The third-order valence-electron chi connectivity index (χ3n) is 2.05. The lowest BCUT2D eigenvalue weighted by atomic mass is 10.1. The smallest absolute Gasteiger partial charge is 0.340 e. The summed E-state index contributed by atoms with van der Waals surface area (Å²) < 4.78 is 16.0. The number of hydrogen-bond donors (Lipinski definition) is 1. The van der Waals surface area contributed by atoms with Gasteiger partial charge in [0.15, 0.2) is 0 Å². The lowest BCUT2D eigenvalue weighted by Crippen LogP contribution is -2.10. The average Bonchev–Trinajstić information content (AvgIpc) is 2.21. The molecule has 88 valence electrons. The number of carbonyl (C=O) groups excluding carboxylic acids is 1. The number of benzene rings is 1. The molecule has 0 saturated carbocycles. The van der Waals surface area contributed by atoms with Gasteiger partial charge in [0, 0.05) is 17.1 Å². The van der Waals surface area contributed by atoms with Gasteiger partial charge in [-0.05, 0) is 18.6 Å². The van der Waals surface area contributed by atoms with Gasteiger partial charge >= 0.3 is 5.97 Å². The molecule has 5 heteroatoms. The van der Waals surface area contributed by atoms with Crippen molar-refractivity contribution in [1.82, 2.24) is 0 Å². The minimum atomic E-state index is -0.984. The molecule has 16 heavy (non-hydrogen) atoms. The van der Waals surface area contributed by atoms with Crippen molar-refractivity contribution >= 4 is 22.5 Å². The minimum absolute atomic E-state index is 0.308. The number of para-hydroxylation sites is 1. The first-order valence-corrected chi connectivity index (χ1v) is 6.63. The summed E-state index contributed by atoms with van der Waals surface area (Å²) in [5.74, 6) is -0.0947. The molecule has 0 fully saturated rings. The van der Waals surface area contributed by atoms with Crippen LogP contribution in [0.1, 0.15) is 22.8 Å². The Morgan fingerprint density at radius 2 is 2.19 bits per heavy atom. The van der Waals surface area contributed by atoms with Gasteiger partial charge in [0.05, 0.1) is 23.6 Å². The molecule has 0 amide bonds. The van der Waals surface area contributed by atoms with E-state index in [1.54, 1.807) is 31.4 Å². The summed E-state index contributed by atoms with van der Waals surface area (Å²) >= 11 is 0. The Hall–Kier alpha value is -1.36. The number of ether oxygens (including phenoxy) is 1. The molecule has 0 aromatic heterocycles. The largest absolute Gasteiger partial charge is 0.462 e. The minimum Gasteiger partial charge on any atom is -0.462 e. The molecule has 1 unspecified atom stereocenters. The molecule has 0 radical (unpaired) electrons. The molecule has 0 heterocycles. The second-order valence-corrected chi connectivity index (χ2v) is 4.75. The first-order valence-electron chi connectivity index (χ1n) is 4.90. The monoisotopic (exact) mass is 241 g/mol. The SMILES string of the molecule is CCOC(=O)c1cccc(CS(C)=O)c1N. The first-order chi connectivity index (χ1) is 7.56. The Labute approximate surface area is 97.2 Å². The van der Waals surface area contributed by atoms with Crippen molar-refractivity contribution in [1.29, 1.82) is 0 Å². The molecule has 1 rings (SSSR count). The fourth-order valence-corrected chi connectivity index (χ4v) is 2.03. The van der Waals surface area contributed by atoms with Crippen molar-refractivity contribution in [3.05, 3.63) is 29.3 Å². The van der Waals surface area contributed by atoms with Gasteiger partial charge in [0.2, 0.25) is 0 Å². The predicted octanol–water partition coefficient (Wildman–Crippen LogP) is 1.32. The van der Waals surface area contributed by atoms with Gasteiger partial charge in [-0.1, -0.05) is 12.1 Å². The molecule has 2 N–H and O–H groups in total. The summed E-state index contributed by atoms with van der Waals surface area (Å²) in [5.41, 5.74) is 7.24. The van der Waals surface area contributed by atoms with Crippen LogP contribution in [0.15, 0.2) is 18.2 Å². The maximum absolute atomic E-state index is 11.5. The number of nitrogens with two attached hydrogens (primary N) is 1. The molecule has 4 nitrogen and oxygen atoms in total. The second-order valence-electron chi connectivity index (χ2n) is 3.32. The Kier molecular flexibility index (Phi) is 4.49. The average molecular weight is 241 g/mol. The van der Waals surface area contributed by atoms with Crippen molar-refractivity contribution in [2.24, 2.45) is 0 Å². The summed E-state index contributed by atoms with van der Waals surface area (Å²) in [6.45, 7) is 2.04. The Morgan fingerprint density at radius 1 is 1.50 bits per heavy atom. The van der Waals surface area contributed by atoms with Crippen LogP contribution in [0.25, 0.3) is 0 Å².